The highest BCUT2D eigenvalue weighted by atomic mass is 19.1. The number of aromatic nitrogens is 4. The van der Waals surface area contributed by atoms with Gasteiger partial charge in [0.25, 0.3) is 0 Å². The number of piperidine rings is 2. The van der Waals surface area contributed by atoms with Gasteiger partial charge in [0.1, 0.15) is 23.1 Å². The summed E-state index contributed by atoms with van der Waals surface area (Å²) in [4.78, 5) is 39.3. The van der Waals surface area contributed by atoms with Crippen LogP contribution in [0.4, 0.5) is 8.78 Å². The number of ether oxygens (including phenoxy) is 2. The average Bonchev–Trinajstić information content (AvgIpc) is 4.12. The lowest BCUT2D eigenvalue weighted by atomic mass is 9.97. The number of fused-ring (bicyclic) bond motifs is 2. The van der Waals surface area contributed by atoms with E-state index in [2.05, 4.69) is 9.97 Å². The van der Waals surface area contributed by atoms with Crippen LogP contribution in [0.3, 0.4) is 0 Å². The molecule has 0 radical (unpaired) electrons. The first-order chi connectivity index (χ1) is 31.1. The molecule has 12 heteroatoms. The van der Waals surface area contributed by atoms with E-state index < -0.39 is 0 Å². The predicted octanol–water partition coefficient (Wildman–Crippen LogP) is 10.0. The number of likely N-dealkylation sites (tertiary alicyclic amines) is 2. The summed E-state index contributed by atoms with van der Waals surface area (Å²) in [6.07, 6.45) is 18.1. The Morgan fingerprint density at radius 2 is 1.03 bits per heavy atom. The zero-order valence-corrected chi connectivity index (χ0v) is 36.7. The van der Waals surface area contributed by atoms with Gasteiger partial charge in [-0.15, -0.1) is 0 Å². The van der Waals surface area contributed by atoms with Crippen LogP contribution in [-0.4, -0.2) is 68.0 Å². The van der Waals surface area contributed by atoms with Gasteiger partial charge in [0.05, 0.1) is 61.7 Å². The summed E-state index contributed by atoms with van der Waals surface area (Å²) < 4.78 is 42.3. The molecule has 2 aliphatic carbocycles. The largest absolute Gasteiger partial charge is 0.495 e. The molecular formula is C52H52F2N6O4. The minimum Gasteiger partial charge on any atom is -0.495 e. The van der Waals surface area contributed by atoms with Gasteiger partial charge in [-0.2, -0.15) is 0 Å². The molecular weight excluding hydrogens is 811 g/mol. The standard InChI is InChI=1S/2C26H26FN3O2/c2*1-17-15-29(16-28-17)24-9-5-18(13-25(24)32-2)12-20-4-3-11-30(26(20)31)23-10-6-19-14-21(27)7-8-22(19)23/h2*5,7-9,12-16,23H,3-4,6,10-11H2,1-2H3/b2*20-12+/t2*23-/m10/s1. The molecule has 64 heavy (non-hydrogen) atoms. The molecule has 2 atom stereocenters. The molecule has 0 spiro atoms. The molecule has 0 unspecified atom stereocenters. The van der Waals surface area contributed by atoms with E-state index in [0.29, 0.717) is 0 Å². The summed E-state index contributed by atoms with van der Waals surface area (Å²) in [5, 5.41) is 0. The molecule has 10 rings (SSSR count). The van der Waals surface area contributed by atoms with Crippen molar-refractivity contribution in [2.24, 2.45) is 0 Å². The molecule has 0 N–H and O–H groups in total. The number of carbonyl (C=O) groups excluding carboxylic acids is 2. The number of imidazole rings is 2. The van der Waals surface area contributed by atoms with Gasteiger partial charge in [0, 0.05) is 36.6 Å². The molecule has 328 valence electrons. The van der Waals surface area contributed by atoms with Gasteiger partial charge < -0.3 is 28.4 Å². The fraction of sp³-hybridized carbons (Fsp3) is 0.308. The number of hydrogen-bond donors (Lipinski definition) is 0. The van der Waals surface area contributed by atoms with Crippen molar-refractivity contribution in [2.75, 3.05) is 27.3 Å². The third kappa shape index (κ3) is 8.61. The van der Waals surface area contributed by atoms with Gasteiger partial charge in [0.15, 0.2) is 0 Å². The summed E-state index contributed by atoms with van der Waals surface area (Å²) >= 11 is 0. The zero-order chi connectivity index (χ0) is 44.5. The van der Waals surface area contributed by atoms with Crippen LogP contribution in [0.2, 0.25) is 0 Å². The number of halogens is 2. The number of benzene rings is 4. The highest BCUT2D eigenvalue weighted by molar-refractivity contribution is 5.99. The summed E-state index contributed by atoms with van der Waals surface area (Å²) in [5.74, 6) is 1.18. The number of aryl methyl sites for hydroxylation is 4. The van der Waals surface area contributed by atoms with E-state index >= 15 is 0 Å². The van der Waals surface area contributed by atoms with Crippen LogP contribution in [0.15, 0.2) is 109 Å². The van der Waals surface area contributed by atoms with Crippen LogP contribution in [0.25, 0.3) is 23.5 Å². The molecule has 6 aromatic rings. The Morgan fingerprint density at radius 1 is 0.594 bits per heavy atom. The first kappa shape index (κ1) is 42.5. The molecule has 4 heterocycles. The van der Waals surface area contributed by atoms with Crippen molar-refractivity contribution >= 4 is 24.0 Å². The number of methoxy groups -OCH3 is 2. The normalized spacial score (nSPS) is 19.5. The van der Waals surface area contributed by atoms with Gasteiger partial charge in [-0.25, -0.2) is 18.7 Å². The molecule has 4 aliphatic rings. The minimum absolute atomic E-state index is 0.0307. The Balaban J connectivity index is 0.000000162. The van der Waals surface area contributed by atoms with E-state index in [0.717, 1.165) is 143 Å². The molecule has 0 bridgehead atoms. The van der Waals surface area contributed by atoms with Crippen molar-refractivity contribution in [3.05, 3.63) is 165 Å². The van der Waals surface area contributed by atoms with E-state index in [1.165, 1.54) is 12.1 Å². The van der Waals surface area contributed by atoms with Crippen molar-refractivity contribution in [1.82, 2.24) is 28.9 Å². The van der Waals surface area contributed by atoms with Gasteiger partial charge in [0.2, 0.25) is 11.8 Å². The molecule has 2 aromatic heterocycles. The quantitative estimate of drug-likeness (QED) is 0.142. The monoisotopic (exact) mass is 862 g/mol. The maximum atomic E-state index is 13.6. The molecule has 4 aromatic carbocycles. The van der Waals surface area contributed by atoms with E-state index in [1.807, 2.05) is 106 Å². The van der Waals surface area contributed by atoms with Crippen molar-refractivity contribution in [3.8, 4) is 22.9 Å². The number of nitrogens with zero attached hydrogens (tertiary/aromatic N) is 6. The van der Waals surface area contributed by atoms with Crippen molar-refractivity contribution < 1.29 is 27.8 Å². The fourth-order valence-electron chi connectivity index (χ4n) is 9.81. The highest BCUT2D eigenvalue weighted by Gasteiger charge is 2.36. The van der Waals surface area contributed by atoms with Crippen LogP contribution in [0.5, 0.6) is 11.5 Å². The second kappa shape index (κ2) is 18.1. The van der Waals surface area contributed by atoms with Gasteiger partial charge in [-0.3, -0.25) is 9.59 Å². The van der Waals surface area contributed by atoms with Crippen LogP contribution < -0.4 is 9.47 Å². The predicted molar refractivity (Wildman–Crippen MR) is 242 cm³/mol. The van der Waals surface area contributed by atoms with E-state index in [9.17, 15) is 18.4 Å². The number of hydrogen-bond acceptors (Lipinski definition) is 6. The lowest BCUT2D eigenvalue weighted by Gasteiger charge is -2.34. The third-order valence-corrected chi connectivity index (χ3v) is 12.9. The lowest BCUT2D eigenvalue weighted by Crippen LogP contribution is -2.39. The van der Waals surface area contributed by atoms with Crippen molar-refractivity contribution in [2.45, 2.75) is 77.3 Å². The molecule has 0 saturated carbocycles. The first-order valence-corrected chi connectivity index (χ1v) is 22.0. The molecule has 2 aliphatic heterocycles. The van der Waals surface area contributed by atoms with Crippen molar-refractivity contribution in [3.63, 3.8) is 0 Å². The maximum Gasteiger partial charge on any atom is 0.250 e. The molecule has 2 fully saturated rings. The number of amides is 2. The smallest absolute Gasteiger partial charge is 0.250 e. The summed E-state index contributed by atoms with van der Waals surface area (Å²) in [6.45, 7) is 5.36. The zero-order valence-electron chi connectivity index (χ0n) is 36.7. The van der Waals surface area contributed by atoms with E-state index in [-0.39, 0.29) is 35.5 Å². The highest BCUT2D eigenvalue weighted by Crippen LogP contribution is 2.41. The maximum absolute atomic E-state index is 13.6. The van der Waals surface area contributed by atoms with Gasteiger partial charge in [-0.1, -0.05) is 24.3 Å². The fourth-order valence-corrected chi connectivity index (χ4v) is 9.81. The SMILES string of the molecule is COc1cc(/C=C2\CCCN([C@@H]3CCc4cc(F)ccc43)C2=O)ccc1-n1cnc(C)c1.COc1cc(/C=C2\CCCN([C@H]3CCc4cc(F)ccc43)C2=O)ccc1-n1cnc(C)c1. The van der Waals surface area contributed by atoms with E-state index in [1.54, 1.807) is 39.0 Å². The second-order valence-electron chi connectivity index (χ2n) is 17.0. The Bertz CT molecular complexity index is 2620. The topological polar surface area (TPSA) is 94.7 Å². The minimum atomic E-state index is -0.210. The molecule has 10 nitrogen and oxygen atoms in total. The Labute approximate surface area is 372 Å². The Hall–Kier alpha value is -6.82. The van der Waals surface area contributed by atoms with Gasteiger partial charge >= 0.3 is 0 Å². The lowest BCUT2D eigenvalue weighted by molar-refractivity contribution is -0.131. The molecule has 2 amide bonds. The first-order valence-electron chi connectivity index (χ1n) is 22.0. The van der Waals surface area contributed by atoms with Crippen LogP contribution in [-0.2, 0) is 22.4 Å². The summed E-state index contributed by atoms with van der Waals surface area (Å²) in [7, 11) is 3.29. The Morgan fingerprint density at radius 3 is 1.42 bits per heavy atom. The van der Waals surface area contributed by atoms with Crippen LogP contribution in [0, 0.1) is 25.5 Å². The summed E-state index contributed by atoms with van der Waals surface area (Å²) in [6, 6.07) is 21.8. The van der Waals surface area contributed by atoms with Crippen LogP contribution in [0.1, 0.15) is 95.4 Å². The third-order valence-electron chi connectivity index (χ3n) is 12.9. The van der Waals surface area contributed by atoms with Gasteiger partial charge in [-0.05, 0) is 159 Å². The number of rotatable bonds is 8. The number of carbonyl (C=O) groups is 2. The summed E-state index contributed by atoms with van der Waals surface area (Å²) in [5.41, 5.74) is 11.4. The van der Waals surface area contributed by atoms with E-state index in [4.69, 9.17) is 9.47 Å². The average molecular weight is 863 g/mol. The van der Waals surface area contributed by atoms with Crippen LogP contribution >= 0.6 is 0 Å². The Kier molecular flexibility index (Phi) is 12.0. The second-order valence-corrected chi connectivity index (χ2v) is 17.0. The molecule has 2 saturated heterocycles. The van der Waals surface area contributed by atoms with Crippen molar-refractivity contribution in [1.29, 1.82) is 0 Å².